The van der Waals surface area contributed by atoms with Crippen molar-refractivity contribution in [2.24, 2.45) is 5.73 Å². The number of ketones is 1. The fourth-order valence-electron chi connectivity index (χ4n) is 0.352. The fourth-order valence-corrected chi connectivity index (χ4v) is 0.352. The molecule has 0 radical (unpaired) electrons. The Morgan fingerprint density at radius 3 is 1.64 bits per heavy atom. The van der Waals surface area contributed by atoms with Gasteiger partial charge < -0.3 is 10.5 Å². The van der Waals surface area contributed by atoms with Gasteiger partial charge in [-0.05, 0) is 13.3 Å². The van der Waals surface area contributed by atoms with E-state index in [1.165, 1.54) is 0 Å². The molecular formula is C8H17NO2. The van der Waals surface area contributed by atoms with Crippen molar-refractivity contribution in [1.82, 2.24) is 0 Å². The summed E-state index contributed by atoms with van der Waals surface area (Å²) in [7, 11) is 0. The van der Waals surface area contributed by atoms with Gasteiger partial charge in [-0.15, -0.1) is 0 Å². The van der Waals surface area contributed by atoms with Gasteiger partial charge in [-0.3, -0.25) is 4.79 Å². The molecule has 0 heterocycles. The van der Waals surface area contributed by atoms with Gasteiger partial charge in [0.15, 0.2) is 0 Å². The van der Waals surface area contributed by atoms with Crippen molar-refractivity contribution in [1.29, 1.82) is 0 Å². The summed E-state index contributed by atoms with van der Waals surface area (Å²) in [5, 5.41) is 0. The molecule has 0 saturated heterocycles. The summed E-state index contributed by atoms with van der Waals surface area (Å²) in [6, 6.07) is 0. The number of nitrogens with two attached hydrogens (primary N) is 1. The maximum absolute atomic E-state index is 10.0. The van der Waals surface area contributed by atoms with Crippen molar-refractivity contribution < 1.29 is 9.59 Å². The smallest absolute Gasteiger partial charge is 0.217 e. The molecule has 3 heteroatoms. The van der Waals surface area contributed by atoms with Crippen molar-refractivity contribution in [2.75, 3.05) is 0 Å². The minimum Gasteiger partial charge on any atom is -0.370 e. The third kappa shape index (κ3) is 27.2. The maximum atomic E-state index is 10.0. The maximum Gasteiger partial charge on any atom is 0.217 e. The molecule has 0 aromatic rings. The molecule has 0 rings (SSSR count). The third-order valence-corrected chi connectivity index (χ3v) is 0.951. The standard InChI is InChI=1S/C5H10O.C3H7NO/c1-3-4-5(2)6;1-2-3(4)5/h3-4H2,1-2H3;2H2,1H3,(H2,4,5). The van der Waals surface area contributed by atoms with Crippen molar-refractivity contribution >= 4 is 11.7 Å². The lowest BCUT2D eigenvalue weighted by molar-refractivity contribution is -0.118. The molecule has 0 fully saturated rings. The predicted molar refractivity (Wildman–Crippen MR) is 45.1 cm³/mol. The second kappa shape index (κ2) is 9.14. The third-order valence-electron chi connectivity index (χ3n) is 0.951. The van der Waals surface area contributed by atoms with Crippen LogP contribution in [0.2, 0.25) is 0 Å². The lowest BCUT2D eigenvalue weighted by Crippen LogP contribution is -2.06. The molecule has 0 atom stereocenters. The fraction of sp³-hybridized carbons (Fsp3) is 0.750. The number of carbonyl (C=O) groups is 2. The summed E-state index contributed by atoms with van der Waals surface area (Å²) in [5.41, 5.74) is 4.65. The number of primary amides is 1. The highest BCUT2D eigenvalue weighted by atomic mass is 16.1. The summed E-state index contributed by atoms with van der Waals surface area (Å²) in [5.74, 6) is 0.0440. The average molecular weight is 159 g/mol. The minimum atomic E-state index is -0.245. The summed E-state index contributed by atoms with van der Waals surface area (Å²) < 4.78 is 0. The van der Waals surface area contributed by atoms with Crippen LogP contribution in [0.4, 0.5) is 0 Å². The van der Waals surface area contributed by atoms with Crippen molar-refractivity contribution in [3.63, 3.8) is 0 Å². The van der Waals surface area contributed by atoms with Gasteiger partial charge in [0.1, 0.15) is 5.78 Å². The van der Waals surface area contributed by atoms with Crippen LogP contribution in [-0.2, 0) is 9.59 Å². The molecule has 0 bridgehead atoms. The van der Waals surface area contributed by atoms with E-state index >= 15 is 0 Å². The monoisotopic (exact) mass is 159 g/mol. The Balaban J connectivity index is 0. The summed E-state index contributed by atoms with van der Waals surface area (Å²) >= 11 is 0. The molecule has 3 nitrogen and oxygen atoms in total. The molecule has 0 aromatic heterocycles. The summed E-state index contributed by atoms with van der Waals surface area (Å²) in [6.07, 6.45) is 2.16. The quantitative estimate of drug-likeness (QED) is 0.673. The predicted octanol–water partition coefficient (Wildman–Crippen LogP) is 1.26. The van der Waals surface area contributed by atoms with Crippen LogP contribution in [-0.4, -0.2) is 11.7 Å². The summed E-state index contributed by atoms with van der Waals surface area (Å²) in [6.45, 7) is 5.34. The number of Topliss-reactive ketones (excluding diaryl/α,β-unsaturated/α-hetero) is 1. The lowest BCUT2D eigenvalue weighted by atomic mass is 10.3. The Kier molecular flexibility index (Phi) is 10.6. The van der Waals surface area contributed by atoms with E-state index in [2.05, 4.69) is 5.73 Å². The van der Waals surface area contributed by atoms with Gasteiger partial charge in [0.05, 0.1) is 0 Å². The van der Waals surface area contributed by atoms with Gasteiger partial charge in [0.2, 0.25) is 5.91 Å². The van der Waals surface area contributed by atoms with Gasteiger partial charge in [-0.25, -0.2) is 0 Å². The van der Waals surface area contributed by atoms with E-state index < -0.39 is 0 Å². The highest BCUT2D eigenvalue weighted by Gasteiger charge is 1.83. The first-order valence-corrected chi connectivity index (χ1v) is 3.82. The molecule has 0 aliphatic carbocycles. The average Bonchev–Trinajstić information content (AvgIpc) is 1.89. The van der Waals surface area contributed by atoms with E-state index in [1.54, 1.807) is 13.8 Å². The van der Waals surface area contributed by atoms with Gasteiger partial charge in [-0.2, -0.15) is 0 Å². The lowest BCUT2D eigenvalue weighted by Gasteiger charge is -1.80. The Morgan fingerprint density at radius 1 is 1.27 bits per heavy atom. The first-order valence-electron chi connectivity index (χ1n) is 3.82. The van der Waals surface area contributed by atoms with Crippen molar-refractivity contribution in [2.45, 2.75) is 40.0 Å². The van der Waals surface area contributed by atoms with Crippen molar-refractivity contribution in [3.8, 4) is 0 Å². The largest absolute Gasteiger partial charge is 0.370 e. The number of carbonyl (C=O) groups excluding carboxylic acids is 2. The molecule has 0 spiro atoms. The highest BCUT2D eigenvalue weighted by molar-refractivity contribution is 5.75. The van der Waals surface area contributed by atoms with Crippen LogP contribution < -0.4 is 5.73 Å². The molecule has 2 N–H and O–H groups in total. The Morgan fingerprint density at radius 2 is 1.64 bits per heavy atom. The molecule has 1 amide bonds. The SMILES string of the molecule is CCC(N)=O.CCCC(C)=O. The van der Waals surface area contributed by atoms with Crippen LogP contribution in [0.5, 0.6) is 0 Å². The molecule has 0 aliphatic heterocycles. The molecule has 66 valence electrons. The van der Waals surface area contributed by atoms with Crippen LogP contribution in [0.1, 0.15) is 40.0 Å². The first kappa shape index (κ1) is 12.8. The Bertz CT molecular complexity index is 121. The zero-order valence-corrected chi connectivity index (χ0v) is 7.52. The van der Waals surface area contributed by atoms with Crippen molar-refractivity contribution in [3.05, 3.63) is 0 Å². The molecule has 0 saturated carbocycles. The Hall–Kier alpha value is -0.860. The normalized spacial score (nSPS) is 7.91. The first-order chi connectivity index (χ1) is 5.04. The van der Waals surface area contributed by atoms with E-state index in [4.69, 9.17) is 0 Å². The number of hydrogen-bond acceptors (Lipinski definition) is 2. The number of amides is 1. The zero-order valence-electron chi connectivity index (χ0n) is 7.52. The van der Waals surface area contributed by atoms with Gasteiger partial charge in [0, 0.05) is 12.8 Å². The van der Waals surface area contributed by atoms with E-state index in [-0.39, 0.29) is 11.7 Å². The van der Waals surface area contributed by atoms with Crippen LogP contribution >= 0.6 is 0 Å². The van der Waals surface area contributed by atoms with Gasteiger partial charge in [-0.1, -0.05) is 13.8 Å². The van der Waals surface area contributed by atoms with Crippen LogP contribution in [0, 0.1) is 0 Å². The minimum absolute atomic E-state index is 0.245. The molecule has 0 unspecified atom stereocenters. The molecule has 0 aliphatic rings. The van der Waals surface area contributed by atoms with Crippen LogP contribution in [0.3, 0.4) is 0 Å². The molecular weight excluding hydrogens is 142 g/mol. The van der Waals surface area contributed by atoms with E-state index in [0.717, 1.165) is 12.8 Å². The van der Waals surface area contributed by atoms with Gasteiger partial charge in [0.25, 0.3) is 0 Å². The van der Waals surface area contributed by atoms with Gasteiger partial charge >= 0.3 is 0 Å². The van der Waals surface area contributed by atoms with E-state index in [1.807, 2.05) is 6.92 Å². The summed E-state index contributed by atoms with van der Waals surface area (Å²) in [4.78, 5) is 19.6. The molecule has 0 aromatic carbocycles. The molecule has 11 heavy (non-hydrogen) atoms. The zero-order chi connectivity index (χ0) is 9.28. The van der Waals surface area contributed by atoms with Crippen LogP contribution in [0.15, 0.2) is 0 Å². The van der Waals surface area contributed by atoms with E-state index in [0.29, 0.717) is 6.42 Å². The highest BCUT2D eigenvalue weighted by Crippen LogP contribution is 1.84. The topological polar surface area (TPSA) is 60.2 Å². The van der Waals surface area contributed by atoms with E-state index in [9.17, 15) is 9.59 Å². The second-order valence-corrected chi connectivity index (χ2v) is 2.27. The van der Waals surface area contributed by atoms with Crippen LogP contribution in [0.25, 0.3) is 0 Å². The number of rotatable bonds is 3. The number of hydrogen-bond donors (Lipinski definition) is 1. The second-order valence-electron chi connectivity index (χ2n) is 2.27. The Labute approximate surface area is 68.0 Å².